The Kier molecular flexibility index (Phi) is 5.69. The first-order valence-corrected chi connectivity index (χ1v) is 10.6. The van der Waals surface area contributed by atoms with Crippen LogP contribution in [-0.2, 0) is 11.3 Å². The van der Waals surface area contributed by atoms with E-state index in [0.717, 1.165) is 13.1 Å². The van der Waals surface area contributed by atoms with Crippen LogP contribution in [0.2, 0.25) is 0 Å². The number of rotatable bonds is 5. The lowest BCUT2D eigenvalue weighted by molar-refractivity contribution is -0.921. The van der Waals surface area contributed by atoms with Crippen molar-refractivity contribution in [1.82, 2.24) is 25.3 Å². The molecule has 3 heterocycles. The predicted octanol–water partition coefficient (Wildman–Crippen LogP) is 0.739. The van der Waals surface area contributed by atoms with Crippen LogP contribution in [0.1, 0.15) is 21.7 Å². The van der Waals surface area contributed by atoms with E-state index in [1.54, 1.807) is 25.1 Å². The molecule has 13 heteroatoms. The minimum Gasteiger partial charge on any atom is -0.507 e. The number of hydrogen-bond acceptors (Lipinski definition) is 10. The molecule has 1 aliphatic heterocycles. The summed E-state index contributed by atoms with van der Waals surface area (Å²) in [4.78, 5) is 14.3. The lowest BCUT2D eigenvalue weighted by Gasteiger charge is -2.23. The van der Waals surface area contributed by atoms with E-state index in [0.29, 0.717) is 47.5 Å². The molecule has 2 aromatic heterocycles. The normalized spacial score (nSPS) is 14.9. The van der Waals surface area contributed by atoms with Gasteiger partial charge in [-0.25, -0.2) is 4.63 Å². The van der Waals surface area contributed by atoms with E-state index < -0.39 is 5.91 Å². The molecule has 0 saturated carbocycles. The fraction of sp³-hybridized carbons (Fsp3) is 0.286. The third kappa shape index (κ3) is 3.97. The maximum absolute atomic E-state index is 13.1. The number of aromatic hydroxyl groups is 1. The van der Waals surface area contributed by atoms with Gasteiger partial charge in [0.1, 0.15) is 31.1 Å². The average molecular weight is 464 g/mol. The Labute approximate surface area is 192 Å². The van der Waals surface area contributed by atoms with Gasteiger partial charge in [-0.3, -0.25) is 4.79 Å². The van der Waals surface area contributed by atoms with Gasteiger partial charge in [-0.1, -0.05) is 29.5 Å². The van der Waals surface area contributed by atoms with Gasteiger partial charge in [-0.2, -0.15) is 4.68 Å². The molecule has 1 fully saturated rings. The van der Waals surface area contributed by atoms with E-state index in [9.17, 15) is 9.90 Å². The SMILES string of the molecule is Cc1cc(N=NC(=O)c2nnn(-c3nonc3N)c2C[NH+]2CCOCC2)c2ccccc2c1O. The Morgan fingerprint density at radius 3 is 2.74 bits per heavy atom. The zero-order valence-corrected chi connectivity index (χ0v) is 18.3. The van der Waals surface area contributed by atoms with Gasteiger partial charge in [0, 0.05) is 10.8 Å². The van der Waals surface area contributed by atoms with Gasteiger partial charge < -0.3 is 20.5 Å². The number of fused-ring (bicyclic) bond motifs is 1. The maximum atomic E-state index is 13.1. The lowest BCUT2D eigenvalue weighted by atomic mass is 10.0. The van der Waals surface area contributed by atoms with Gasteiger partial charge in [0.2, 0.25) is 11.6 Å². The third-order valence-electron chi connectivity index (χ3n) is 5.71. The monoisotopic (exact) mass is 464 g/mol. The number of anilines is 1. The molecule has 0 bridgehead atoms. The molecule has 0 unspecified atom stereocenters. The molecule has 1 aliphatic rings. The first-order chi connectivity index (χ1) is 16.5. The molecule has 0 atom stereocenters. The highest BCUT2D eigenvalue weighted by atomic mass is 16.6. The minimum atomic E-state index is -0.668. The van der Waals surface area contributed by atoms with Gasteiger partial charge in [0.05, 0.1) is 18.9 Å². The van der Waals surface area contributed by atoms with Crippen LogP contribution in [0, 0.1) is 6.92 Å². The smallest absolute Gasteiger partial charge is 0.318 e. The van der Waals surface area contributed by atoms with Gasteiger partial charge in [0.25, 0.3) is 0 Å². The van der Waals surface area contributed by atoms with Crippen molar-refractivity contribution < 1.29 is 24.2 Å². The highest BCUT2D eigenvalue weighted by Crippen LogP contribution is 2.35. The van der Waals surface area contributed by atoms with Crippen LogP contribution in [0.25, 0.3) is 16.6 Å². The van der Waals surface area contributed by atoms with Crippen molar-refractivity contribution >= 4 is 28.2 Å². The number of aromatic nitrogens is 5. The van der Waals surface area contributed by atoms with E-state index in [4.69, 9.17) is 15.1 Å². The fourth-order valence-electron chi connectivity index (χ4n) is 3.91. The number of phenols is 1. The topological polar surface area (TPSA) is 171 Å². The third-order valence-corrected chi connectivity index (χ3v) is 5.71. The Balaban J connectivity index is 1.51. The number of carbonyl (C=O) groups excluding carboxylic acids is 1. The zero-order chi connectivity index (χ0) is 23.7. The predicted molar refractivity (Wildman–Crippen MR) is 118 cm³/mol. The molecule has 2 aromatic carbocycles. The number of ether oxygens (including phenoxy) is 1. The van der Waals surface area contributed by atoms with Gasteiger partial charge in [-0.15, -0.1) is 15.3 Å². The van der Waals surface area contributed by atoms with Crippen LogP contribution < -0.4 is 10.6 Å². The molecular formula is C21H22N9O4+. The number of morpholine rings is 1. The first-order valence-electron chi connectivity index (χ1n) is 10.6. The molecule has 4 N–H and O–H groups in total. The second kappa shape index (κ2) is 8.96. The van der Waals surface area contributed by atoms with Crippen molar-refractivity contribution in [2.75, 3.05) is 32.0 Å². The van der Waals surface area contributed by atoms with Crippen molar-refractivity contribution in [1.29, 1.82) is 0 Å². The van der Waals surface area contributed by atoms with Crippen LogP contribution in [0.5, 0.6) is 5.75 Å². The summed E-state index contributed by atoms with van der Waals surface area (Å²) in [5.41, 5.74) is 7.42. The average Bonchev–Trinajstić information content (AvgIpc) is 3.46. The summed E-state index contributed by atoms with van der Waals surface area (Å²) in [7, 11) is 0. The molecule has 1 amide bonds. The molecule has 0 radical (unpaired) electrons. The molecule has 34 heavy (non-hydrogen) atoms. The van der Waals surface area contributed by atoms with E-state index in [1.807, 2.05) is 12.1 Å². The summed E-state index contributed by atoms with van der Waals surface area (Å²) >= 11 is 0. The van der Waals surface area contributed by atoms with Crippen molar-refractivity contribution in [3.8, 4) is 11.6 Å². The van der Waals surface area contributed by atoms with Crippen molar-refractivity contribution in [2.45, 2.75) is 13.5 Å². The summed E-state index contributed by atoms with van der Waals surface area (Å²) in [6.07, 6.45) is 0. The summed E-state index contributed by atoms with van der Waals surface area (Å²) in [5.74, 6) is -0.335. The Morgan fingerprint density at radius 1 is 1.24 bits per heavy atom. The number of phenolic OH excluding ortho intramolecular Hbond substituents is 1. The van der Waals surface area contributed by atoms with Crippen LogP contribution in [0.4, 0.5) is 11.5 Å². The Hall–Kier alpha value is -4.23. The fourth-order valence-corrected chi connectivity index (χ4v) is 3.91. The molecule has 5 rings (SSSR count). The van der Waals surface area contributed by atoms with Crippen molar-refractivity contribution in [2.24, 2.45) is 10.2 Å². The number of nitrogens with two attached hydrogens (primary N) is 1. The van der Waals surface area contributed by atoms with Gasteiger partial charge in [0.15, 0.2) is 5.69 Å². The van der Waals surface area contributed by atoms with Crippen LogP contribution >= 0.6 is 0 Å². The van der Waals surface area contributed by atoms with Crippen LogP contribution in [0.3, 0.4) is 0 Å². The molecule has 13 nitrogen and oxygen atoms in total. The Bertz CT molecular complexity index is 1390. The number of nitrogens with one attached hydrogen (secondary N) is 1. The summed E-state index contributed by atoms with van der Waals surface area (Å²) in [6.45, 7) is 4.91. The number of nitrogens with zero attached hydrogens (tertiary/aromatic N) is 7. The van der Waals surface area contributed by atoms with E-state index >= 15 is 0 Å². The summed E-state index contributed by atoms with van der Waals surface area (Å²) < 4.78 is 11.5. The quantitative estimate of drug-likeness (QED) is 0.360. The number of benzene rings is 2. The summed E-state index contributed by atoms with van der Waals surface area (Å²) in [6, 6.07) is 8.90. The highest BCUT2D eigenvalue weighted by molar-refractivity contribution is 5.98. The van der Waals surface area contributed by atoms with Crippen molar-refractivity contribution in [3.05, 3.63) is 47.3 Å². The second-order valence-corrected chi connectivity index (χ2v) is 7.92. The van der Waals surface area contributed by atoms with E-state index in [-0.39, 0.29) is 23.1 Å². The van der Waals surface area contributed by atoms with Gasteiger partial charge in [-0.05, 0) is 28.9 Å². The number of hydrogen-bond donors (Lipinski definition) is 3. The molecule has 0 aliphatic carbocycles. The number of carbonyl (C=O) groups is 1. The number of nitrogen functional groups attached to an aromatic ring is 1. The summed E-state index contributed by atoms with van der Waals surface area (Å²) in [5, 5.41) is 35.2. The number of amides is 1. The zero-order valence-electron chi connectivity index (χ0n) is 18.3. The maximum Gasteiger partial charge on any atom is 0.318 e. The largest absolute Gasteiger partial charge is 0.507 e. The van der Waals surface area contributed by atoms with E-state index in [2.05, 4.69) is 30.9 Å². The molecular weight excluding hydrogens is 442 g/mol. The Morgan fingerprint density at radius 2 is 2.00 bits per heavy atom. The highest BCUT2D eigenvalue weighted by Gasteiger charge is 2.28. The number of azo groups is 1. The standard InChI is InChI=1S/C21H21N9O4/c1-12-10-15(13-4-2-3-5-14(13)18(12)31)23-25-21(32)17-16(11-29-6-8-33-9-7-29)30(28-24-17)20-19(22)26-34-27-20/h2-5,10,31H,6-9,11H2,1H3,(H2,22,26)/p+1. The molecule has 4 aromatic rings. The van der Waals surface area contributed by atoms with Crippen molar-refractivity contribution in [3.63, 3.8) is 0 Å². The second-order valence-electron chi connectivity index (χ2n) is 7.92. The van der Waals surface area contributed by atoms with Crippen LogP contribution in [-0.4, -0.2) is 62.6 Å². The minimum absolute atomic E-state index is 0.0230. The first kappa shape index (κ1) is 21.6. The lowest BCUT2D eigenvalue weighted by Crippen LogP contribution is -3.12. The number of quaternary nitrogens is 1. The van der Waals surface area contributed by atoms with E-state index in [1.165, 1.54) is 9.58 Å². The molecule has 0 spiro atoms. The molecule has 174 valence electrons. The molecule has 1 saturated heterocycles. The van der Waals surface area contributed by atoms with Crippen LogP contribution in [0.15, 0.2) is 45.2 Å². The number of aryl methyl sites for hydroxylation is 1. The van der Waals surface area contributed by atoms with Gasteiger partial charge >= 0.3 is 5.91 Å².